The van der Waals surface area contributed by atoms with E-state index in [-0.39, 0.29) is 5.91 Å². The van der Waals surface area contributed by atoms with Gasteiger partial charge >= 0.3 is 0 Å². The molecule has 0 bridgehead atoms. The van der Waals surface area contributed by atoms with Crippen LogP contribution in [0.15, 0.2) is 6.07 Å². The number of nitrogens with zero attached hydrogens (tertiary/aromatic N) is 4. The Kier molecular flexibility index (Phi) is 5.87. The molecule has 0 N–H and O–H groups in total. The minimum atomic E-state index is 0.152. The highest BCUT2D eigenvalue weighted by Crippen LogP contribution is 2.24. The third-order valence-corrected chi connectivity index (χ3v) is 6.29. The summed E-state index contributed by atoms with van der Waals surface area (Å²) in [6, 6.07) is 2.71. The van der Waals surface area contributed by atoms with E-state index in [0.29, 0.717) is 5.92 Å². The monoisotopic (exact) mass is 350 g/mol. The second-order valence-electron chi connectivity index (χ2n) is 7.12. The molecular weight excluding hydrogens is 320 g/mol. The Labute approximate surface area is 149 Å². The smallest absolute Gasteiger partial charge is 0.272 e. The van der Waals surface area contributed by atoms with Gasteiger partial charge in [-0.05, 0) is 37.5 Å². The maximum Gasteiger partial charge on any atom is 0.272 e. The molecule has 2 aliphatic rings. The van der Waals surface area contributed by atoms with Gasteiger partial charge in [0.1, 0.15) is 5.69 Å². The predicted octanol–water partition coefficient (Wildman–Crippen LogP) is 2.68. The third-order valence-electron chi connectivity index (χ3n) is 5.15. The molecule has 5 nitrogen and oxygen atoms in total. The number of amides is 1. The van der Waals surface area contributed by atoms with Gasteiger partial charge in [-0.25, -0.2) is 0 Å². The molecule has 2 fully saturated rings. The van der Waals surface area contributed by atoms with Gasteiger partial charge in [-0.2, -0.15) is 16.9 Å². The molecular formula is C18H30N4OS. The molecule has 3 heterocycles. The first-order valence-electron chi connectivity index (χ1n) is 9.29. The summed E-state index contributed by atoms with van der Waals surface area (Å²) in [5, 5.41) is 4.60. The van der Waals surface area contributed by atoms with Crippen molar-refractivity contribution < 1.29 is 4.79 Å². The predicted molar refractivity (Wildman–Crippen MR) is 99.8 cm³/mol. The fourth-order valence-corrected chi connectivity index (χ4v) is 4.86. The normalized spacial score (nSPS) is 23.0. The van der Waals surface area contributed by atoms with Crippen LogP contribution in [-0.4, -0.2) is 69.2 Å². The van der Waals surface area contributed by atoms with Crippen molar-refractivity contribution in [1.29, 1.82) is 0 Å². The van der Waals surface area contributed by atoms with Gasteiger partial charge in [-0.15, -0.1) is 0 Å². The summed E-state index contributed by atoms with van der Waals surface area (Å²) in [4.78, 5) is 17.7. The molecule has 1 aromatic rings. The van der Waals surface area contributed by atoms with Crippen molar-refractivity contribution in [3.05, 3.63) is 17.5 Å². The van der Waals surface area contributed by atoms with E-state index in [2.05, 4.69) is 42.5 Å². The number of hydrogen-bond donors (Lipinski definition) is 0. The first-order valence-corrected chi connectivity index (χ1v) is 10.4. The maximum atomic E-state index is 13.0. The van der Waals surface area contributed by atoms with E-state index < -0.39 is 0 Å². The summed E-state index contributed by atoms with van der Waals surface area (Å²) in [5.74, 6) is 3.05. The van der Waals surface area contributed by atoms with Crippen LogP contribution >= 0.6 is 11.8 Å². The van der Waals surface area contributed by atoms with Crippen LogP contribution in [-0.2, 0) is 6.54 Å². The molecule has 0 aromatic carbocycles. The molecule has 1 aromatic heterocycles. The van der Waals surface area contributed by atoms with E-state index >= 15 is 0 Å². The lowest BCUT2D eigenvalue weighted by Crippen LogP contribution is -2.40. The van der Waals surface area contributed by atoms with Crippen LogP contribution in [0.25, 0.3) is 0 Å². The Morgan fingerprint density at radius 1 is 1.33 bits per heavy atom. The molecule has 0 aliphatic carbocycles. The average Bonchev–Trinajstić information content (AvgIpc) is 3.19. The van der Waals surface area contributed by atoms with E-state index in [1.54, 1.807) is 0 Å². The molecule has 0 spiro atoms. The van der Waals surface area contributed by atoms with Crippen molar-refractivity contribution in [3.63, 3.8) is 0 Å². The van der Waals surface area contributed by atoms with Gasteiger partial charge in [0.25, 0.3) is 5.91 Å². The second kappa shape index (κ2) is 7.91. The second-order valence-corrected chi connectivity index (χ2v) is 8.27. The van der Waals surface area contributed by atoms with E-state index in [0.717, 1.165) is 56.6 Å². The van der Waals surface area contributed by atoms with Crippen LogP contribution in [0.5, 0.6) is 0 Å². The number of thioether (sulfide) groups is 1. The zero-order chi connectivity index (χ0) is 17.1. The van der Waals surface area contributed by atoms with Crippen molar-refractivity contribution in [2.45, 2.75) is 52.1 Å². The van der Waals surface area contributed by atoms with E-state index in [9.17, 15) is 4.79 Å². The third kappa shape index (κ3) is 3.80. The van der Waals surface area contributed by atoms with Crippen LogP contribution in [0, 0.1) is 0 Å². The van der Waals surface area contributed by atoms with Crippen LogP contribution < -0.4 is 0 Å². The van der Waals surface area contributed by atoms with Crippen molar-refractivity contribution in [2.24, 2.45) is 0 Å². The summed E-state index contributed by atoms with van der Waals surface area (Å²) < 4.78 is 1.87. The summed E-state index contributed by atoms with van der Waals surface area (Å²) in [5.41, 5.74) is 1.77. The Morgan fingerprint density at radius 2 is 2.17 bits per heavy atom. The number of hydrogen-bond acceptors (Lipinski definition) is 4. The van der Waals surface area contributed by atoms with Crippen molar-refractivity contribution >= 4 is 17.7 Å². The Hall–Kier alpha value is -1.01. The van der Waals surface area contributed by atoms with Crippen LogP contribution in [0.3, 0.4) is 0 Å². The van der Waals surface area contributed by atoms with Crippen molar-refractivity contribution in [2.75, 3.05) is 37.7 Å². The zero-order valence-electron chi connectivity index (χ0n) is 15.2. The van der Waals surface area contributed by atoms with Crippen LogP contribution in [0.2, 0.25) is 0 Å². The van der Waals surface area contributed by atoms with Gasteiger partial charge in [-0.1, -0.05) is 13.8 Å². The molecule has 1 amide bonds. The molecule has 134 valence electrons. The molecule has 1 atom stereocenters. The number of aryl methyl sites for hydroxylation is 1. The Morgan fingerprint density at radius 3 is 2.83 bits per heavy atom. The van der Waals surface area contributed by atoms with Gasteiger partial charge in [-0.3, -0.25) is 14.4 Å². The minimum absolute atomic E-state index is 0.152. The standard InChI is InChI=1S/C18H30N4OS/c1-4-22-17(12-16(19-22)14(2)3)18(23)21-8-5-7-20(9-10-21)15-6-11-24-13-15/h12,14-15H,4-11,13H2,1-3H3. The van der Waals surface area contributed by atoms with Gasteiger partial charge in [0.15, 0.2) is 0 Å². The quantitative estimate of drug-likeness (QED) is 0.837. The minimum Gasteiger partial charge on any atom is -0.336 e. The molecule has 0 radical (unpaired) electrons. The van der Waals surface area contributed by atoms with E-state index in [1.807, 2.05) is 15.6 Å². The first kappa shape index (κ1) is 17.8. The zero-order valence-corrected chi connectivity index (χ0v) is 16.0. The number of aromatic nitrogens is 2. The molecule has 24 heavy (non-hydrogen) atoms. The lowest BCUT2D eigenvalue weighted by atomic mass is 10.1. The highest BCUT2D eigenvalue weighted by molar-refractivity contribution is 7.99. The van der Waals surface area contributed by atoms with Crippen molar-refractivity contribution in [3.8, 4) is 0 Å². The van der Waals surface area contributed by atoms with E-state index in [4.69, 9.17) is 0 Å². The highest BCUT2D eigenvalue weighted by Gasteiger charge is 2.28. The molecule has 1 unspecified atom stereocenters. The van der Waals surface area contributed by atoms with Crippen LogP contribution in [0.4, 0.5) is 0 Å². The van der Waals surface area contributed by atoms with Gasteiger partial charge < -0.3 is 4.90 Å². The fourth-order valence-electron chi connectivity index (χ4n) is 3.61. The largest absolute Gasteiger partial charge is 0.336 e. The number of carbonyl (C=O) groups is 1. The van der Waals surface area contributed by atoms with E-state index in [1.165, 1.54) is 17.9 Å². The molecule has 2 aliphatic heterocycles. The highest BCUT2D eigenvalue weighted by atomic mass is 32.2. The topological polar surface area (TPSA) is 41.4 Å². The average molecular weight is 351 g/mol. The number of rotatable bonds is 4. The summed E-state index contributed by atoms with van der Waals surface area (Å²) >= 11 is 2.06. The van der Waals surface area contributed by atoms with Gasteiger partial charge in [0.05, 0.1) is 5.69 Å². The Bertz CT molecular complexity index is 565. The lowest BCUT2D eigenvalue weighted by molar-refractivity contribution is 0.0746. The van der Waals surface area contributed by atoms with Crippen LogP contribution in [0.1, 0.15) is 55.7 Å². The molecule has 0 saturated carbocycles. The fraction of sp³-hybridized carbons (Fsp3) is 0.778. The van der Waals surface area contributed by atoms with Crippen molar-refractivity contribution in [1.82, 2.24) is 19.6 Å². The molecule has 3 rings (SSSR count). The SMILES string of the molecule is CCn1nc(C(C)C)cc1C(=O)N1CCCN(C2CCSC2)CC1. The molecule has 2 saturated heterocycles. The Balaban J connectivity index is 1.68. The first-order chi connectivity index (χ1) is 11.6. The summed E-state index contributed by atoms with van der Waals surface area (Å²) in [7, 11) is 0. The number of carbonyl (C=O) groups excluding carboxylic acids is 1. The summed E-state index contributed by atoms with van der Waals surface area (Å²) in [6.45, 7) is 10.9. The van der Waals surface area contributed by atoms with Gasteiger partial charge in [0.2, 0.25) is 0 Å². The molecule has 6 heteroatoms. The summed E-state index contributed by atoms with van der Waals surface area (Å²) in [6.07, 6.45) is 2.38. The van der Waals surface area contributed by atoms with Gasteiger partial charge in [0, 0.05) is 44.5 Å². The lowest BCUT2D eigenvalue weighted by Gasteiger charge is -2.26. The maximum absolute atomic E-state index is 13.0.